The lowest BCUT2D eigenvalue weighted by Crippen LogP contribution is -2.33. The molecule has 156 valence electrons. The molecule has 0 radical (unpaired) electrons. The minimum Gasteiger partial charge on any atom is -0.494 e. The number of ether oxygens (including phenoxy) is 2. The van der Waals surface area contributed by atoms with Crippen LogP contribution in [0.3, 0.4) is 0 Å². The summed E-state index contributed by atoms with van der Waals surface area (Å²) in [6.07, 6.45) is -1.01. The highest BCUT2D eigenvalue weighted by Crippen LogP contribution is 2.22. The van der Waals surface area contributed by atoms with E-state index >= 15 is 0 Å². The Hall–Kier alpha value is -3.07. The van der Waals surface area contributed by atoms with Crippen LogP contribution in [0.2, 0.25) is 0 Å². The van der Waals surface area contributed by atoms with E-state index in [1.807, 2.05) is 6.92 Å². The third-order valence-electron chi connectivity index (χ3n) is 4.06. The zero-order valence-electron chi connectivity index (χ0n) is 16.7. The molecule has 0 unspecified atom stereocenters. The summed E-state index contributed by atoms with van der Waals surface area (Å²) in [6, 6.07) is 10.6. The fourth-order valence-electron chi connectivity index (χ4n) is 2.47. The van der Waals surface area contributed by atoms with Gasteiger partial charge in [0.1, 0.15) is 5.75 Å². The molecule has 29 heavy (non-hydrogen) atoms. The van der Waals surface area contributed by atoms with Crippen LogP contribution < -0.4 is 14.8 Å². The van der Waals surface area contributed by atoms with Crippen molar-refractivity contribution >= 4 is 27.6 Å². The highest BCUT2D eigenvalue weighted by Gasteiger charge is 2.22. The Kier molecular flexibility index (Phi) is 7.22. The van der Waals surface area contributed by atoms with Gasteiger partial charge in [-0.05, 0) is 62.7 Å². The molecule has 1 amide bonds. The molecule has 2 aromatic carbocycles. The smallest absolute Gasteiger partial charge is 0.339 e. The number of amides is 1. The lowest BCUT2D eigenvalue weighted by Gasteiger charge is -2.14. The Morgan fingerprint density at radius 1 is 1.10 bits per heavy atom. The summed E-state index contributed by atoms with van der Waals surface area (Å²) >= 11 is 0. The predicted molar refractivity (Wildman–Crippen MR) is 109 cm³/mol. The number of benzene rings is 2. The molecule has 0 bridgehead atoms. The molecule has 0 spiro atoms. The largest absolute Gasteiger partial charge is 0.494 e. The van der Waals surface area contributed by atoms with Crippen molar-refractivity contribution in [1.82, 2.24) is 5.32 Å². The fraction of sp³-hybridized carbons (Fsp3) is 0.300. The lowest BCUT2D eigenvalue weighted by atomic mass is 10.1. The van der Waals surface area contributed by atoms with Gasteiger partial charge < -0.3 is 14.8 Å². The highest BCUT2D eigenvalue weighted by molar-refractivity contribution is 7.92. The van der Waals surface area contributed by atoms with Gasteiger partial charge in [0.25, 0.3) is 15.9 Å². The van der Waals surface area contributed by atoms with Crippen LogP contribution in [0.5, 0.6) is 5.75 Å². The van der Waals surface area contributed by atoms with Gasteiger partial charge in [0.2, 0.25) is 0 Å². The standard InChI is InChI=1S/C20H24N2O6S/c1-5-27-16-9-7-15(8-10-16)22-29(25,26)17-11-6-13(2)18(12-17)20(24)28-14(3)19(23)21-4/h6-12,14,22H,5H2,1-4H3,(H,21,23)/t14-/m1/s1. The Morgan fingerprint density at radius 3 is 2.34 bits per heavy atom. The second kappa shape index (κ2) is 9.42. The van der Waals surface area contributed by atoms with Gasteiger partial charge in [-0.25, -0.2) is 13.2 Å². The number of anilines is 1. The van der Waals surface area contributed by atoms with Gasteiger partial charge in [0, 0.05) is 12.7 Å². The molecule has 0 aliphatic heterocycles. The summed E-state index contributed by atoms with van der Waals surface area (Å²) in [6.45, 7) is 5.44. The van der Waals surface area contributed by atoms with E-state index < -0.39 is 28.0 Å². The molecular formula is C20H24N2O6S. The number of hydrogen-bond donors (Lipinski definition) is 2. The molecular weight excluding hydrogens is 396 g/mol. The van der Waals surface area contributed by atoms with Crippen LogP contribution in [-0.4, -0.2) is 40.1 Å². The van der Waals surface area contributed by atoms with Gasteiger partial charge >= 0.3 is 5.97 Å². The Bertz CT molecular complexity index is 987. The number of sulfonamides is 1. The molecule has 0 heterocycles. The van der Waals surface area contributed by atoms with Crippen molar-refractivity contribution in [1.29, 1.82) is 0 Å². The molecule has 8 nitrogen and oxygen atoms in total. The highest BCUT2D eigenvalue weighted by atomic mass is 32.2. The number of esters is 1. The van der Waals surface area contributed by atoms with Crippen molar-refractivity contribution in [3.63, 3.8) is 0 Å². The van der Waals surface area contributed by atoms with E-state index in [1.54, 1.807) is 31.2 Å². The monoisotopic (exact) mass is 420 g/mol. The van der Waals surface area contributed by atoms with Gasteiger partial charge in [0.05, 0.1) is 17.1 Å². The summed E-state index contributed by atoms with van der Waals surface area (Å²) < 4.78 is 38.3. The number of carbonyl (C=O) groups is 2. The van der Waals surface area contributed by atoms with Crippen molar-refractivity contribution in [2.75, 3.05) is 18.4 Å². The van der Waals surface area contributed by atoms with E-state index in [0.717, 1.165) is 0 Å². The molecule has 9 heteroatoms. The zero-order valence-corrected chi connectivity index (χ0v) is 17.5. The average Bonchev–Trinajstić information content (AvgIpc) is 2.68. The molecule has 0 aliphatic rings. The number of nitrogens with one attached hydrogen (secondary N) is 2. The first kappa shape index (κ1) is 22.2. The number of rotatable bonds is 8. The predicted octanol–water partition coefficient (Wildman–Crippen LogP) is 2.49. The van der Waals surface area contributed by atoms with E-state index in [0.29, 0.717) is 23.6 Å². The maximum atomic E-state index is 12.7. The first-order chi connectivity index (χ1) is 13.7. The molecule has 0 saturated heterocycles. The summed E-state index contributed by atoms with van der Waals surface area (Å²) in [4.78, 5) is 23.9. The van der Waals surface area contributed by atoms with Gasteiger partial charge in [-0.1, -0.05) is 6.07 Å². The number of aryl methyl sites for hydroxylation is 1. The molecule has 0 aromatic heterocycles. The Balaban J connectivity index is 2.24. The molecule has 0 aliphatic carbocycles. The third-order valence-corrected chi connectivity index (χ3v) is 5.44. The summed E-state index contributed by atoms with van der Waals surface area (Å²) in [7, 11) is -2.51. The lowest BCUT2D eigenvalue weighted by molar-refractivity contribution is -0.128. The van der Waals surface area contributed by atoms with Gasteiger partial charge in [-0.3, -0.25) is 9.52 Å². The third kappa shape index (κ3) is 5.71. The number of hydrogen-bond acceptors (Lipinski definition) is 6. The molecule has 2 N–H and O–H groups in total. The maximum absolute atomic E-state index is 12.7. The number of carbonyl (C=O) groups excluding carboxylic acids is 2. The normalized spacial score (nSPS) is 12.0. The second-order valence-corrected chi connectivity index (χ2v) is 7.88. The topological polar surface area (TPSA) is 111 Å². The summed E-state index contributed by atoms with van der Waals surface area (Å²) in [5.41, 5.74) is 0.945. The zero-order chi connectivity index (χ0) is 21.6. The van der Waals surface area contributed by atoms with E-state index in [1.165, 1.54) is 32.2 Å². The van der Waals surface area contributed by atoms with Crippen LogP contribution in [0.25, 0.3) is 0 Å². The van der Waals surface area contributed by atoms with E-state index in [9.17, 15) is 18.0 Å². The maximum Gasteiger partial charge on any atom is 0.339 e. The van der Waals surface area contributed by atoms with Crippen molar-refractivity contribution in [2.45, 2.75) is 31.8 Å². The van der Waals surface area contributed by atoms with E-state index in [2.05, 4.69) is 10.0 Å². The number of likely N-dealkylation sites (N-methyl/N-ethyl adjacent to an activating group) is 1. The molecule has 1 atom stereocenters. The second-order valence-electron chi connectivity index (χ2n) is 6.20. The molecule has 0 fully saturated rings. The molecule has 2 aromatic rings. The van der Waals surface area contributed by atoms with Crippen molar-refractivity contribution < 1.29 is 27.5 Å². The molecule has 2 rings (SSSR count). The first-order valence-corrected chi connectivity index (χ1v) is 10.4. The van der Waals surface area contributed by atoms with Crippen LogP contribution in [0.15, 0.2) is 47.4 Å². The van der Waals surface area contributed by atoms with Crippen molar-refractivity contribution in [3.05, 3.63) is 53.6 Å². The minimum atomic E-state index is -3.94. The van der Waals surface area contributed by atoms with Crippen molar-refractivity contribution in [3.8, 4) is 5.75 Å². The molecule has 0 saturated carbocycles. The Labute approximate surface area is 170 Å². The first-order valence-electron chi connectivity index (χ1n) is 8.96. The fourth-order valence-corrected chi connectivity index (χ4v) is 3.55. The minimum absolute atomic E-state index is 0.0651. The van der Waals surface area contributed by atoms with Crippen LogP contribution in [0.1, 0.15) is 29.8 Å². The van der Waals surface area contributed by atoms with Gasteiger partial charge in [0.15, 0.2) is 6.10 Å². The van der Waals surface area contributed by atoms with Gasteiger partial charge in [-0.15, -0.1) is 0 Å². The van der Waals surface area contributed by atoms with E-state index in [-0.39, 0.29) is 10.5 Å². The summed E-state index contributed by atoms with van der Waals surface area (Å²) in [5.74, 6) is -0.616. The SMILES string of the molecule is CCOc1ccc(NS(=O)(=O)c2ccc(C)c(C(=O)O[C@H](C)C(=O)NC)c2)cc1. The van der Waals surface area contributed by atoms with Crippen molar-refractivity contribution in [2.24, 2.45) is 0 Å². The van der Waals surface area contributed by atoms with Crippen LogP contribution >= 0.6 is 0 Å². The van der Waals surface area contributed by atoms with Crippen LogP contribution in [0.4, 0.5) is 5.69 Å². The van der Waals surface area contributed by atoms with Crippen LogP contribution in [-0.2, 0) is 19.6 Å². The Morgan fingerprint density at radius 2 is 1.76 bits per heavy atom. The quantitative estimate of drug-likeness (QED) is 0.635. The summed E-state index contributed by atoms with van der Waals surface area (Å²) in [5, 5.41) is 2.38. The average molecular weight is 420 g/mol. The van der Waals surface area contributed by atoms with E-state index in [4.69, 9.17) is 9.47 Å². The van der Waals surface area contributed by atoms with Gasteiger partial charge in [-0.2, -0.15) is 0 Å². The van der Waals surface area contributed by atoms with Crippen LogP contribution in [0, 0.1) is 6.92 Å².